The highest BCUT2D eigenvalue weighted by Crippen LogP contribution is 2.29. The molecule has 0 bridgehead atoms. The molecule has 0 aliphatic carbocycles. The van der Waals surface area contributed by atoms with Crippen LogP contribution >= 0.6 is 0 Å². The van der Waals surface area contributed by atoms with Crippen LogP contribution in [0, 0.1) is 11.3 Å². The van der Waals surface area contributed by atoms with Crippen molar-refractivity contribution < 1.29 is 0 Å². The summed E-state index contributed by atoms with van der Waals surface area (Å²) in [5, 5.41) is 3.55. The Labute approximate surface area is 64.2 Å². The van der Waals surface area contributed by atoms with Gasteiger partial charge in [-0.05, 0) is 17.8 Å². The molecule has 60 valence electrons. The summed E-state index contributed by atoms with van der Waals surface area (Å²) >= 11 is 0. The Morgan fingerprint density at radius 3 is 2.20 bits per heavy atom. The van der Waals surface area contributed by atoms with Gasteiger partial charge in [0.05, 0.1) is 0 Å². The molecule has 1 heteroatoms. The van der Waals surface area contributed by atoms with Gasteiger partial charge in [-0.15, -0.1) is 0 Å². The van der Waals surface area contributed by atoms with Crippen molar-refractivity contribution in [3.05, 3.63) is 0 Å². The number of nitrogens with one attached hydrogen (secondary N) is 1. The summed E-state index contributed by atoms with van der Waals surface area (Å²) in [5.41, 5.74) is 0.537. The van der Waals surface area contributed by atoms with Gasteiger partial charge in [0.15, 0.2) is 0 Å². The quantitative estimate of drug-likeness (QED) is 0.589. The Morgan fingerprint density at radius 2 is 2.00 bits per heavy atom. The van der Waals surface area contributed by atoms with Crippen LogP contribution in [0.5, 0.6) is 0 Å². The number of hydrogen-bond acceptors (Lipinski definition) is 1. The summed E-state index contributed by atoms with van der Waals surface area (Å²) in [6.45, 7) is 10.4. The van der Waals surface area contributed by atoms with Gasteiger partial charge in [0.2, 0.25) is 0 Å². The third-order valence-electron chi connectivity index (χ3n) is 2.42. The van der Waals surface area contributed by atoms with E-state index in [-0.39, 0.29) is 0 Å². The van der Waals surface area contributed by atoms with E-state index in [0.717, 1.165) is 12.0 Å². The van der Waals surface area contributed by atoms with Crippen LogP contribution in [0.15, 0.2) is 0 Å². The zero-order valence-electron chi connectivity index (χ0n) is 7.57. The van der Waals surface area contributed by atoms with Crippen LogP contribution in [0.25, 0.3) is 0 Å². The zero-order chi connectivity index (χ0) is 7.78. The second-order valence-corrected chi connectivity index (χ2v) is 4.60. The van der Waals surface area contributed by atoms with Gasteiger partial charge in [-0.25, -0.2) is 0 Å². The average Bonchev–Trinajstić information content (AvgIpc) is 2.10. The first-order valence-corrected chi connectivity index (χ1v) is 4.25. The Bertz CT molecular complexity index is 116. The first kappa shape index (κ1) is 8.06. The third-order valence-corrected chi connectivity index (χ3v) is 2.42. The molecule has 0 aromatic carbocycles. The van der Waals surface area contributed by atoms with Gasteiger partial charge < -0.3 is 5.32 Å². The van der Waals surface area contributed by atoms with Crippen molar-refractivity contribution in [3.8, 4) is 0 Å². The molecule has 0 radical (unpaired) electrons. The van der Waals surface area contributed by atoms with Crippen molar-refractivity contribution in [2.24, 2.45) is 11.3 Å². The largest absolute Gasteiger partial charge is 0.313 e. The summed E-state index contributed by atoms with van der Waals surface area (Å²) in [5.74, 6) is 0.793. The first-order chi connectivity index (χ1) is 4.51. The molecule has 1 fully saturated rings. The zero-order valence-corrected chi connectivity index (χ0v) is 7.57. The van der Waals surface area contributed by atoms with Crippen molar-refractivity contribution in [2.45, 2.75) is 40.2 Å². The highest BCUT2D eigenvalue weighted by atomic mass is 15.0. The second kappa shape index (κ2) is 2.54. The molecule has 1 N–H and O–H groups in total. The molecule has 0 spiro atoms. The Morgan fingerprint density at radius 1 is 1.40 bits per heavy atom. The van der Waals surface area contributed by atoms with Gasteiger partial charge >= 0.3 is 0 Å². The van der Waals surface area contributed by atoms with Crippen LogP contribution in [0.4, 0.5) is 0 Å². The lowest BCUT2D eigenvalue weighted by Gasteiger charge is -2.17. The Kier molecular flexibility index (Phi) is 2.04. The monoisotopic (exact) mass is 141 g/mol. The van der Waals surface area contributed by atoms with Gasteiger partial charge in [-0.1, -0.05) is 27.7 Å². The van der Waals surface area contributed by atoms with Crippen molar-refractivity contribution in [2.75, 3.05) is 6.54 Å². The molecule has 0 aromatic heterocycles. The van der Waals surface area contributed by atoms with Crippen LogP contribution in [0.3, 0.4) is 0 Å². The molecule has 0 amide bonds. The van der Waals surface area contributed by atoms with Crippen molar-refractivity contribution in [1.82, 2.24) is 5.32 Å². The summed E-state index contributed by atoms with van der Waals surface area (Å²) < 4.78 is 0. The maximum absolute atomic E-state index is 3.55. The van der Waals surface area contributed by atoms with E-state index in [9.17, 15) is 0 Å². The van der Waals surface area contributed by atoms with E-state index in [2.05, 4.69) is 33.0 Å². The molecule has 0 saturated carbocycles. The molecular formula is C9H19N. The lowest BCUT2D eigenvalue weighted by molar-refractivity contribution is 0.375. The predicted molar refractivity (Wildman–Crippen MR) is 45.0 cm³/mol. The average molecular weight is 141 g/mol. The van der Waals surface area contributed by atoms with E-state index in [4.69, 9.17) is 0 Å². The molecule has 1 rings (SSSR count). The van der Waals surface area contributed by atoms with Gasteiger partial charge in [0.25, 0.3) is 0 Å². The lowest BCUT2D eigenvalue weighted by atomic mass is 9.88. The number of rotatable bonds is 1. The first-order valence-electron chi connectivity index (χ1n) is 4.25. The minimum absolute atomic E-state index is 0.537. The second-order valence-electron chi connectivity index (χ2n) is 4.60. The normalized spacial score (nSPS) is 31.5. The molecule has 0 aromatic rings. The van der Waals surface area contributed by atoms with Crippen molar-refractivity contribution in [1.29, 1.82) is 0 Å². The van der Waals surface area contributed by atoms with Crippen LogP contribution in [0.1, 0.15) is 34.1 Å². The molecule has 10 heavy (non-hydrogen) atoms. The maximum Gasteiger partial charge on any atom is 0.00958 e. The van der Waals surface area contributed by atoms with Crippen molar-refractivity contribution in [3.63, 3.8) is 0 Å². The number of hydrogen-bond donors (Lipinski definition) is 1. The molecule has 1 aliphatic heterocycles. The molecule has 1 nitrogen and oxygen atoms in total. The van der Waals surface area contributed by atoms with Gasteiger partial charge in [0.1, 0.15) is 0 Å². The van der Waals surface area contributed by atoms with Crippen LogP contribution in [0.2, 0.25) is 0 Å². The van der Waals surface area contributed by atoms with Crippen molar-refractivity contribution >= 4 is 0 Å². The minimum Gasteiger partial charge on any atom is -0.313 e. The van der Waals surface area contributed by atoms with Crippen LogP contribution in [-0.2, 0) is 0 Å². The van der Waals surface area contributed by atoms with Crippen LogP contribution < -0.4 is 5.32 Å². The van der Waals surface area contributed by atoms with E-state index < -0.39 is 0 Å². The molecule has 0 unspecified atom stereocenters. The highest BCUT2D eigenvalue weighted by molar-refractivity contribution is 4.88. The van der Waals surface area contributed by atoms with E-state index in [1.54, 1.807) is 0 Å². The fourth-order valence-corrected chi connectivity index (χ4v) is 1.62. The third kappa shape index (κ3) is 1.72. The maximum atomic E-state index is 3.55. The smallest absolute Gasteiger partial charge is 0.00958 e. The van der Waals surface area contributed by atoms with Gasteiger partial charge in [0, 0.05) is 12.6 Å². The summed E-state index contributed by atoms with van der Waals surface area (Å²) in [6, 6.07) is 0.759. The van der Waals surface area contributed by atoms with E-state index >= 15 is 0 Å². The molecule has 1 atom stereocenters. The van der Waals surface area contributed by atoms with E-state index in [0.29, 0.717) is 5.41 Å². The fraction of sp³-hybridized carbons (Fsp3) is 1.00. The van der Waals surface area contributed by atoms with Gasteiger partial charge in [-0.3, -0.25) is 0 Å². The molecular weight excluding hydrogens is 122 g/mol. The predicted octanol–water partition coefficient (Wildman–Crippen LogP) is 2.03. The topological polar surface area (TPSA) is 12.0 Å². The lowest BCUT2D eigenvalue weighted by Crippen LogP contribution is -2.26. The van der Waals surface area contributed by atoms with E-state index in [1.807, 2.05) is 0 Å². The summed E-state index contributed by atoms with van der Waals surface area (Å²) in [7, 11) is 0. The standard InChI is InChI=1S/C9H19N/c1-7(2)8-5-9(3,4)6-10-8/h7-8,10H,5-6H2,1-4H3/t8-/m1/s1. The highest BCUT2D eigenvalue weighted by Gasteiger charge is 2.31. The SMILES string of the molecule is CC(C)[C@H]1CC(C)(C)CN1. The Hall–Kier alpha value is -0.0400. The molecule has 1 saturated heterocycles. The minimum atomic E-state index is 0.537. The van der Waals surface area contributed by atoms with Gasteiger partial charge in [-0.2, -0.15) is 0 Å². The van der Waals surface area contributed by atoms with Crippen LogP contribution in [-0.4, -0.2) is 12.6 Å². The molecule has 1 aliphatic rings. The summed E-state index contributed by atoms with van der Waals surface area (Å²) in [6.07, 6.45) is 1.34. The van der Waals surface area contributed by atoms with E-state index in [1.165, 1.54) is 13.0 Å². The Balaban J connectivity index is 2.43. The fourth-order valence-electron chi connectivity index (χ4n) is 1.62. The molecule has 1 heterocycles. The summed E-state index contributed by atoms with van der Waals surface area (Å²) in [4.78, 5) is 0.